The molecule has 1 aromatic carbocycles. The van der Waals surface area contributed by atoms with Gasteiger partial charge in [0.2, 0.25) is 5.88 Å². The first-order valence-corrected chi connectivity index (χ1v) is 7.21. The van der Waals surface area contributed by atoms with Crippen molar-refractivity contribution in [3.8, 4) is 17.4 Å². The van der Waals surface area contributed by atoms with Crippen molar-refractivity contribution in [1.82, 2.24) is 14.5 Å². The van der Waals surface area contributed by atoms with Gasteiger partial charge in [-0.05, 0) is 43.3 Å². The first kappa shape index (κ1) is 15.5. The van der Waals surface area contributed by atoms with E-state index in [1.54, 1.807) is 66.8 Å². The van der Waals surface area contributed by atoms with Gasteiger partial charge >= 0.3 is 0 Å². The van der Waals surface area contributed by atoms with E-state index in [0.717, 1.165) is 11.4 Å². The molecule has 7 heteroatoms. The van der Waals surface area contributed by atoms with Gasteiger partial charge < -0.3 is 14.7 Å². The van der Waals surface area contributed by atoms with Crippen LogP contribution in [0.4, 0.5) is 0 Å². The maximum absolute atomic E-state index is 9.44. The molecule has 0 radical (unpaired) electrons. The summed E-state index contributed by atoms with van der Waals surface area (Å²) in [6.45, 7) is 1.85. The summed E-state index contributed by atoms with van der Waals surface area (Å²) in [5.74, 6) is 1.92. The van der Waals surface area contributed by atoms with Gasteiger partial charge in [-0.25, -0.2) is 9.97 Å². The normalized spacial score (nSPS) is 11.3. The number of hydrogen-bond acceptors (Lipinski definition) is 6. The molecule has 7 nitrogen and oxygen atoms in total. The molecule has 0 aliphatic heterocycles. The lowest BCUT2D eigenvalue weighted by atomic mass is 10.2. The molecule has 0 saturated heterocycles. The van der Waals surface area contributed by atoms with Crippen LogP contribution >= 0.6 is 0 Å². The Morgan fingerprint density at radius 1 is 1.12 bits per heavy atom. The zero-order valence-corrected chi connectivity index (χ0v) is 13.2. The number of aromatic nitrogens is 3. The largest absolute Gasteiger partial charge is 0.497 e. The first-order valence-electron chi connectivity index (χ1n) is 7.21. The van der Waals surface area contributed by atoms with Gasteiger partial charge in [0.15, 0.2) is 5.84 Å². The molecular weight excluding hydrogens is 308 g/mol. The monoisotopic (exact) mass is 324 g/mol. The third kappa shape index (κ3) is 3.19. The fourth-order valence-corrected chi connectivity index (χ4v) is 2.18. The molecule has 0 fully saturated rings. The highest BCUT2D eigenvalue weighted by Crippen LogP contribution is 2.25. The van der Waals surface area contributed by atoms with E-state index in [2.05, 4.69) is 15.1 Å². The Kier molecular flexibility index (Phi) is 4.42. The summed E-state index contributed by atoms with van der Waals surface area (Å²) >= 11 is 0. The third-order valence-corrected chi connectivity index (χ3v) is 3.34. The Labute approximate surface area is 138 Å². The van der Waals surface area contributed by atoms with E-state index in [1.165, 1.54) is 0 Å². The highest BCUT2D eigenvalue weighted by atomic mass is 16.5. The minimum absolute atomic E-state index is 0.271. The minimum Gasteiger partial charge on any atom is -0.497 e. The number of rotatable bonds is 4. The van der Waals surface area contributed by atoms with Gasteiger partial charge in [-0.3, -0.25) is 4.57 Å². The lowest BCUT2D eigenvalue weighted by Crippen LogP contribution is -2.13. The number of pyridine rings is 1. The van der Waals surface area contributed by atoms with Crippen LogP contribution in [0.15, 0.2) is 60.3 Å². The van der Waals surface area contributed by atoms with Crippen molar-refractivity contribution in [2.24, 2.45) is 5.16 Å². The number of hydrogen-bond donors (Lipinski definition) is 1. The Morgan fingerprint density at radius 3 is 2.50 bits per heavy atom. The van der Waals surface area contributed by atoms with Gasteiger partial charge in [0, 0.05) is 12.4 Å². The number of benzene rings is 1. The van der Waals surface area contributed by atoms with Crippen molar-refractivity contribution in [1.29, 1.82) is 0 Å². The number of oxime groups is 1. The van der Waals surface area contributed by atoms with Gasteiger partial charge in [-0.2, -0.15) is 0 Å². The lowest BCUT2D eigenvalue weighted by molar-refractivity contribution is 0.317. The van der Waals surface area contributed by atoms with E-state index in [-0.39, 0.29) is 5.84 Å². The van der Waals surface area contributed by atoms with E-state index in [0.29, 0.717) is 17.2 Å². The van der Waals surface area contributed by atoms with Crippen LogP contribution in [-0.2, 0) is 0 Å². The number of ether oxygens (including phenoxy) is 2. The molecule has 122 valence electrons. The predicted molar refractivity (Wildman–Crippen MR) is 88.0 cm³/mol. The van der Waals surface area contributed by atoms with Crippen LogP contribution in [0.3, 0.4) is 0 Å². The van der Waals surface area contributed by atoms with Crippen molar-refractivity contribution in [3.63, 3.8) is 0 Å². The molecule has 0 saturated carbocycles. The molecule has 0 aliphatic carbocycles. The van der Waals surface area contributed by atoms with Crippen LogP contribution in [-0.4, -0.2) is 32.7 Å². The Balaban J connectivity index is 1.95. The topological polar surface area (TPSA) is 81.8 Å². The highest BCUT2D eigenvalue weighted by Gasteiger charge is 2.15. The Bertz CT molecular complexity index is 856. The standard InChI is InChI=1S/C17H16N4O3/c1-12-10-21(11-19-12)16(20-22)15-4-3-9-18-17(15)24-14-7-5-13(23-2)6-8-14/h3-11,22H,1-2H3/b20-16-. The van der Waals surface area contributed by atoms with E-state index in [1.807, 2.05) is 6.92 Å². The van der Waals surface area contributed by atoms with Crippen LogP contribution in [0.25, 0.3) is 0 Å². The van der Waals surface area contributed by atoms with Crippen LogP contribution in [0.5, 0.6) is 17.4 Å². The fraction of sp³-hybridized carbons (Fsp3) is 0.118. The molecule has 0 unspecified atom stereocenters. The SMILES string of the molecule is COc1ccc(Oc2ncccc2/C(=N/O)n2cnc(C)c2)cc1. The zero-order chi connectivity index (χ0) is 16.9. The number of aryl methyl sites for hydroxylation is 1. The average molecular weight is 324 g/mol. The summed E-state index contributed by atoms with van der Waals surface area (Å²) in [4.78, 5) is 8.38. The Hall–Kier alpha value is -3.35. The third-order valence-electron chi connectivity index (χ3n) is 3.34. The molecule has 0 atom stereocenters. The fourth-order valence-electron chi connectivity index (χ4n) is 2.18. The molecular formula is C17H16N4O3. The maximum atomic E-state index is 9.44. The predicted octanol–water partition coefficient (Wildman–Crippen LogP) is 3.07. The van der Waals surface area contributed by atoms with E-state index in [9.17, 15) is 5.21 Å². The van der Waals surface area contributed by atoms with Crippen LogP contribution in [0, 0.1) is 6.92 Å². The quantitative estimate of drug-likeness (QED) is 0.345. The molecule has 24 heavy (non-hydrogen) atoms. The second-order valence-corrected chi connectivity index (χ2v) is 4.98. The molecule has 1 N–H and O–H groups in total. The molecule has 2 heterocycles. The van der Waals surface area contributed by atoms with Crippen molar-refractivity contribution < 1.29 is 14.7 Å². The van der Waals surface area contributed by atoms with Gasteiger partial charge in [-0.15, -0.1) is 0 Å². The zero-order valence-electron chi connectivity index (χ0n) is 13.2. The molecule has 3 aromatic rings. The number of nitrogens with zero attached hydrogens (tertiary/aromatic N) is 4. The average Bonchev–Trinajstić information content (AvgIpc) is 3.04. The smallest absolute Gasteiger partial charge is 0.230 e. The molecule has 0 aliphatic rings. The Morgan fingerprint density at radius 2 is 1.88 bits per heavy atom. The molecule has 0 amide bonds. The van der Waals surface area contributed by atoms with E-state index >= 15 is 0 Å². The van der Waals surface area contributed by atoms with E-state index < -0.39 is 0 Å². The minimum atomic E-state index is 0.271. The summed E-state index contributed by atoms with van der Waals surface area (Å²) in [5.41, 5.74) is 1.34. The summed E-state index contributed by atoms with van der Waals surface area (Å²) in [7, 11) is 1.60. The van der Waals surface area contributed by atoms with Crippen LogP contribution in [0.1, 0.15) is 11.3 Å². The van der Waals surface area contributed by atoms with Crippen molar-refractivity contribution in [3.05, 3.63) is 66.4 Å². The highest BCUT2D eigenvalue weighted by molar-refractivity contribution is 6.01. The summed E-state index contributed by atoms with van der Waals surface area (Å²) < 4.78 is 12.6. The van der Waals surface area contributed by atoms with Gasteiger partial charge in [0.05, 0.1) is 18.4 Å². The molecule has 0 spiro atoms. The molecule has 0 bridgehead atoms. The summed E-state index contributed by atoms with van der Waals surface area (Å²) in [6.07, 6.45) is 4.92. The summed E-state index contributed by atoms with van der Waals surface area (Å²) in [6, 6.07) is 10.6. The number of imidazole rings is 1. The van der Waals surface area contributed by atoms with Gasteiger partial charge in [0.25, 0.3) is 0 Å². The van der Waals surface area contributed by atoms with Crippen molar-refractivity contribution in [2.45, 2.75) is 6.92 Å². The van der Waals surface area contributed by atoms with Crippen LogP contribution < -0.4 is 9.47 Å². The summed E-state index contributed by atoms with van der Waals surface area (Å²) in [5, 5.41) is 12.8. The second-order valence-electron chi connectivity index (χ2n) is 4.98. The number of methoxy groups -OCH3 is 1. The van der Waals surface area contributed by atoms with Crippen molar-refractivity contribution >= 4 is 5.84 Å². The van der Waals surface area contributed by atoms with E-state index in [4.69, 9.17) is 9.47 Å². The molecule has 3 rings (SSSR count). The van der Waals surface area contributed by atoms with Crippen LogP contribution in [0.2, 0.25) is 0 Å². The van der Waals surface area contributed by atoms with Gasteiger partial charge in [0.1, 0.15) is 17.8 Å². The maximum Gasteiger partial charge on any atom is 0.230 e. The molecule has 2 aromatic heterocycles. The lowest BCUT2D eigenvalue weighted by Gasteiger charge is -2.11. The van der Waals surface area contributed by atoms with Gasteiger partial charge in [-0.1, -0.05) is 5.16 Å². The second kappa shape index (κ2) is 6.82. The van der Waals surface area contributed by atoms with Crippen molar-refractivity contribution in [2.75, 3.05) is 7.11 Å². The first-order chi connectivity index (χ1) is 11.7.